The molecule has 0 aromatic rings. The van der Waals surface area contributed by atoms with Crippen LogP contribution in [0.5, 0.6) is 0 Å². The van der Waals surface area contributed by atoms with Gasteiger partial charge in [0, 0.05) is 30.3 Å². The summed E-state index contributed by atoms with van der Waals surface area (Å²) in [5.74, 6) is 2.21. The van der Waals surface area contributed by atoms with Crippen molar-refractivity contribution in [2.75, 3.05) is 39.1 Å². The third-order valence-corrected chi connectivity index (χ3v) is 5.28. The van der Waals surface area contributed by atoms with Crippen molar-refractivity contribution >= 4 is 41.7 Å². The van der Waals surface area contributed by atoms with Gasteiger partial charge in [0.05, 0.1) is 13.2 Å². The van der Waals surface area contributed by atoms with Crippen molar-refractivity contribution in [1.29, 1.82) is 0 Å². The Morgan fingerprint density at radius 2 is 1.95 bits per heavy atom. The highest BCUT2D eigenvalue weighted by Gasteiger charge is 2.33. The minimum Gasteiger partial charge on any atom is -0.380 e. The van der Waals surface area contributed by atoms with Crippen LogP contribution in [0.15, 0.2) is 4.99 Å². The molecular formula is C13H26IN3OS. The number of rotatable bonds is 4. The van der Waals surface area contributed by atoms with Crippen molar-refractivity contribution in [2.24, 2.45) is 10.4 Å². The standard InChI is InChI=1S/C13H25N3OS.HI/c1-12(9-17-10-12)7-15-11(14-3)16-8-13(2)5-4-6-18-13;/h4-10H2,1-3H3,(H2,14,15,16);1H. The molecule has 0 bridgehead atoms. The first-order valence-corrected chi connectivity index (χ1v) is 7.70. The number of aliphatic imine (C=N–C) groups is 1. The Kier molecular flexibility index (Phi) is 6.72. The molecule has 2 heterocycles. The van der Waals surface area contributed by atoms with E-state index in [2.05, 4.69) is 41.2 Å². The molecule has 0 aromatic heterocycles. The highest BCUT2D eigenvalue weighted by molar-refractivity contribution is 14.0. The fraction of sp³-hybridized carbons (Fsp3) is 0.923. The third-order valence-electron chi connectivity index (χ3n) is 3.74. The third kappa shape index (κ3) is 4.97. The molecule has 0 amide bonds. The minimum absolute atomic E-state index is 0. The van der Waals surface area contributed by atoms with Crippen LogP contribution in [0, 0.1) is 5.41 Å². The number of nitrogens with zero attached hydrogens (tertiary/aromatic N) is 1. The maximum absolute atomic E-state index is 5.26. The number of hydrogen-bond donors (Lipinski definition) is 2. The van der Waals surface area contributed by atoms with E-state index in [1.54, 1.807) is 0 Å². The number of nitrogens with one attached hydrogen (secondary N) is 2. The lowest BCUT2D eigenvalue weighted by atomic mass is 9.89. The quantitative estimate of drug-likeness (QED) is 0.432. The van der Waals surface area contributed by atoms with Gasteiger partial charge in [-0.25, -0.2) is 0 Å². The molecule has 0 aliphatic carbocycles. The highest BCUT2D eigenvalue weighted by Crippen LogP contribution is 2.36. The van der Waals surface area contributed by atoms with Gasteiger partial charge in [0.1, 0.15) is 0 Å². The Morgan fingerprint density at radius 1 is 1.26 bits per heavy atom. The predicted molar refractivity (Wildman–Crippen MR) is 93.8 cm³/mol. The first-order valence-electron chi connectivity index (χ1n) is 6.72. The monoisotopic (exact) mass is 399 g/mol. The van der Waals surface area contributed by atoms with Gasteiger partial charge in [0.2, 0.25) is 0 Å². The summed E-state index contributed by atoms with van der Waals surface area (Å²) < 4.78 is 5.63. The normalized spacial score (nSPS) is 29.3. The molecule has 0 radical (unpaired) electrons. The van der Waals surface area contributed by atoms with Gasteiger partial charge >= 0.3 is 0 Å². The van der Waals surface area contributed by atoms with E-state index in [-0.39, 0.29) is 29.4 Å². The fourth-order valence-corrected chi connectivity index (χ4v) is 3.56. The van der Waals surface area contributed by atoms with Gasteiger partial charge in [0.15, 0.2) is 5.96 Å². The second kappa shape index (κ2) is 7.36. The minimum atomic E-state index is 0. The van der Waals surface area contributed by atoms with E-state index in [0.717, 1.165) is 32.3 Å². The van der Waals surface area contributed by atoms with E-state index in [1.165, 1.54) is 18.6 Å². The summed E-state index contributed by atoms with van der Waals surface area (Å²) in [4.78, 5) is 4.29. The molecule has 0 aromatic carbocycles. The summed E-state index contributed by atoms with van der Waals surface area (Å²) in [6.45, 7) is 8.20. The molecule has 2 rings (SSSR count). The number of guanidine groups is 1. The number of hydrogen-bond acceptors (Lipinski definition) is 3. The van der Waals surface area contributed by atoms with E-state index in [9.17, 15) is 0 Å². The Hall–Kier alpha value is 0.310. The average molecular weight is 399 g/mol. The lowest BCUT2D eigenvalue weighted by Gasteiger charge is -2.38. The maximum atomic E-state index is 5.26. The van der Waals surface area contributed by atoms with Crippen LogP contribution in [-0.2, 0) is 4.74 Å². The molecule has 1 atom stereocenters. The van der Waals surface area contributed by atoms with Crippen LogP contribution in [0.3, 0.4) is 0 Å². The van der Waals surface area contributed by atoms with E-state index < -0.39 is 0 Å². The molecule has 1 unspecified atom stereocenters. The molecule has 2 N–H and O–H groups in total. The van der Waals surface area contributed by atoms with Crippen molar-refractivity contribution in [3.05, 3.63) is 0 Å². The van der Waals surface area contributed by atoms with Gasteiger partial charge in [-0.2, -0.15) is 11.8 Å². The average Bonchev–Trinajstić information content (AvgIpc) is 2.74. The van der Waals surface area contributed by atoms with Crippen LogP contribution in [0.4, 0.5) is 0 Å². The van der Waals surface area contributed by atoms with Crippen molar-refractivity contribution in [3.63, 3.8) is 0 Å². The largest absolute Gasteiger partial charge is 0.380 e. The van der Waals surface area contributed by atoms with Crippen LogP contribution in [0.2, 0.25) is 0 Å². The first kappa shape index (κ1) is 17.4. The van der Waals surface area contributed by atoms with Crippen molar-refractivity contribution in [2.45, 2.75) is 31.4 Å². The molecule has 2 aliphatic rings. The summed E-state index contributed by atoms with van der Waals surface area (Å²) in [6.07, 6.45) is 2.64. The van der Waals surface area contributed by atoms with Gasteiger partial charge in [0.25, 0.3) is 0 Å². The molecule has 0 saturated carbocycles. The predicted octanol–water partition coefficient (Wildman–Crippen LogP) is 2.09. The smallest absolute Gasteiger partial charge is 0.191 e. The summed E-state index contributed by atoms with van der Waals surface area (Å²) >= 11 is 2.07. The van der Waals surface area contributed by atoms with E-state index in [0.29, 0.717) is 4.75 Å². The second-order valence-electron chi connectivity index (χ2n) is 5.98. The number of halogens is 1. The lowest BCUT2D eigenvalue weighted by Crippen LogP contribution is -2.52. The zero-order chi connectivity index (χ0) is 13.1. The van der Waals surface area contributed by atoms with Crippen LogP contribution in [0.1, 0.15) is 26.7 Å². The van der Waals surface area contributed by atoms with Crippen LogP contribution >= 0.6 is 35.7 Å². The Morgan fingerprint density at radius 3 is 2.42 bits per heavy atom. The summed E-state index contributed by atoms with van der Waals surface area (Å²) in [5.41, 5.74) is 0.281. The topological polar surface area (TPSA) is 45.7 Å². The molecule has 2 fully saturated rings. The zero-order valence-electron chi connectivity index (χ0n) is 12.1. The molecule has 19 heavy (non-hydrogen) atoms. The fourth-order valence-electron chi connectivity index (χ4n) is 2.32. The van der Waals surface area contributed by atoms with Gasteiger partial charge < -0.3 is 15.4 Å². The van der Waals surface area contributed by atoms with Crippen molar-refractivity contribution < 1.29 is 4.74 Å². The van der Waals surface area contributed by atoms with E-state index in [1.807, 2.05) is 7.05 Å². The molecular weight excluding hydrogens is 373 g/mol. The van der Waals surface area contributed by atoms with Gasteiger partial charge in [-0.15, -0.1) is 24.0 Å². The Labute approximate surface area is 137 Å². The lowest BCUT2D eigenvalue weighted by molar-refractivity contribution is -0.0971. The maximum Gasteiger partial charge on any atom is 0.191 e. The van der Waals surface area contributed by atoms with Gasteiger partial charge in [-0.1, -0.05) is 6.92 Å². The van der Waals surface area contributed by atoms with Crippen molar-refractivity contribution in [1.82, 2.24) is 10.6 Å². The number of thioether (sulfide) groups is 1. The summed E-state index contributed by atoms with van der Waals surface area (Å²) in [5, 5.41) is 6.85. The van der Waals surface area contributed by atoms with Crippen molar-refractivity contribution in [3.8, 4) is 0 Å². The van der Waals surface area contributed by atoms with Crippen LogP contribution in [0.25, 0.3) is 0 Å². The van der Waals surface area contributed by atoms with Crippen LogP contribution < -0.4 is 10.6 Å². The molecule has 112 valence electrons. The number of ether oxygens (including phenoxy) is 1. The van der Waals surface area contributed by atoms with Gasteiger partial charge in [-0.05, 0) is 25.5 Å². The zero-order valence-corrected chi connectivity index (χ0v) is 15.3. The first-order chi connectivity index (χ1) is 8.55. The molecule has 4 nitrogen and oxygen atoms in total. The summed E-state index contributed by atoms with van der Waals surface area (Å²) in [7, 11) is 1.83. The highest BCUT2D eigenvalue weighted by atomic mass is 127. The van der Waals surface area contributed by atoms with E-state index in [4.69, 9.17) is 4.74 Å². The Bertz CT molecular complexity index is 315. The molecule has 6 heteroatoms. The van der Waals surface area contributed by atoms with Gasteiger partial charge in [-0.3, -0.25) is 4.99 Å². The SMILES string of the molecule is CN=C(NCC1(C)COC1)NCC1(C)CCCS1.I. The summed E-state index contributed by atoms with van der Waals surface area (Å²) in [6, 6.07) is 0. The molecule has 0 spiro atoms. The Balaban J connectivity index is 0.00000180. The van der Waals surface area contributed by atoms with Crippen LogP contribution in [-0.4, -0.2) is 49.8 Å². The molecule has 2 saturated heterocycles. The molecule has 2 aliphatic heterocycles. The van der Waals surface area contributed by atoms with E-state index >= 15 is 0 Å². The second-order valence-corrected chi connectivity index (χ2v) is 7.67.